The van der Waals surface area contributed by atoms with Crippen LogP contribution in [0.1, 0.15) is 24.2 Å². The molecule has 1 fully saturated rings. The van der Waals surface area contributed by atoms with E-state index in [0.717, 1.165) is 46.9 Å². The lowest BCUT2D eigenvalue weighted by atomic mass is 10.1. The largest absolute Gasteiger partial charge is 0.496 e. The van der Waals surface area contributed by atoms with Crippen LogP contribution in [0.15, 0.2) is 40.1 Å². The summed E-state index contributed by atoms with van der Waals surface area (Å²) in [6, 6.07) is 6.03. The molecule has 1 aliphatic heterocycles. The van der Waals surface area contributed by atoms with Crippen molar-refractivity contribution in [3.05, 3.63) is 46.2 Å². The van der Waals surface area contributed by atoms with Crippen molar-refractivity contribution in [2.45, 2.75) is 19.6 Å². The molecular formula is C19H26BrN5O2. The zero-order valence-electron chi connectivity index (χ0n) is 16.0. The maximum Gasteiger partial charge on any atom is 0.194 e. The number of halogens is 1. The average Bonchev–Trinajstić information content (AvgIpc) is 3.12. The molecule has 1 aliphatic rings. The Morgan fingerprint density at radius 2 is 2.33 bits per heavy atom. The first kappa shape index (κ1) is 19.7. The maximum atomic E-state index is 5.94. The van der Waals surface area contributed by atoms with Crippen LogP contribution in [0.25, 0.3) is 0 Å². The van der Waals surface area contributed by atoms with Crippen molar-refractivity contribution < 1.29 is 9.47 Å². The molecule has 146 valence electrons. The Bertz CT molecular complexity index is 792. The summed E-state index contributed by atoms with van der Waals surface area (Å²) in [6.07, 6.45) is 3.88. The number of rotatable bonds is 5. The molecule has 1 unspecified atom stereocenters. The van der Waals surface area contributed by atoms with Crippen molar-refractivity contribution in [3.63, 3.8) is 0 Å². The van der Waals surface area contributed by atoms with E-state index in [0.29, 0.717) is 13.2 Å². The first-order chi connectivity index (χ1) is 13.1. The maximum absolute atomic E-state index is 5.94. The standard InChI is InChI=1S/C19H26BrN5O2/c1-4-21-19(22-10-14-5-6-17(26-3)16(20)9-14)25-7-8-27-18(13-25)15-11-23-24(2)12-15/h5-6,9,11-12,18H,4,7-8,10,13H2,1-3H3,(H,21,22). The molecule has 2 aromatic rings. The minimum atomic E-state index is 0.00596. The Morgan fingerprint density at radius 1 is 1.48 bits per heavy atom. The number of nitrogens with zero attached hydrogens (tertiary/aromatic N) is 4. The van der Waals surface area contributed by atoms with Crippen LogP contribution in [-0.2, 0) is 18.3 Å². The fraction of sp³-hybridized carbons (Fsp3) is 0.474. The second kappa shape index (κ2) is 9.23. The van der Waals surface area contributed by atoms with E-state index in [4.69, 9.17) is 14.5 Å². The number of hydrogen-bond acceptors (Lipinski definition) is 4. The highest BCUT2D eigenvalue weighted by Crippen LogP contribution is 2.26. The van der Waals surface area contributed by atoms with E-state index in [1.807, 2.05) is 37.6 Å². The van der Waals surface area contributed by atoms with Gasteiger partial charge in [-0.1, -0.05) is 6.07 Å². The van der Waals surface area contributed by atoms with Gasteiger partial charge in [0.05, 0.1) is 37.5 Å². The van der Waals surface area contributed by atoms with Crippen LogP contribution >= 0.6 is 15.9 Å². The van der Waals surface area contributed by atoms with Crippen molar-refractivity contribution in [1.82, 2.24) is 20.0 Å². The number of aryl methyl sites for hydroxylation is 1. The van der Waals surface area contributed by atoms with Gasteiger partial charge in [0.15, 0.2) is 5.96 Å². The van der Waals surface area contributed by atoms with Gasteiger partial charge >= 0.3 is 0 Å². The van der Waals surface area contributed by atoms with Crippen LogP contribution in [0.3, 0.4) is 0 Å². The van der Waals surface area contributed by atoms with Crippen LogP contribution in [0.4, 0.5) is 0 Å². The van der Waals surface area contributed by atoms with E-state index in [2.05, 4.69) is 38.2 Å². The minimum absolute atomic E-state index is 0.00596. The molecule has 0 bridgehead atoms. The lowest BCUT2D eigenvalue weighted by molar-refractivity contribution is -0.00805. The van der Waals surface area contributed by atoms with Crippen molar-refractivity contribution >= 4 is 21.9 Å². The molecule has 27 heavy (non-hydrogen) atoms. The number of aliphatic imine (C=N–C) groups is 1. The Morgan fingerprint density at radius 3 is 3.00 bits per heavy atom. The number of hydrogen-bond donors (Lipinski definition) is 1. The Balaban J connectivity index is 1.71. The quantitative estimate of drug-likeness (QED) is 0.577. The molecule has 0 radical (unpaired) electrons. The van der Waals surface area contributed by atoms with E-state index in [1.165, 1.54) is 0 Å². The number of benzene rings is 1. The lowest BCUT2D eigenvalue weighted by Crippen LogP contribution is -2.48. The van der Waals surface area contributed by atoms with Gasteiger partial charge in [0.1, 0.15) is 11.9 Å². The van der Waals surface area contributed by atoms with E-state index >= 15 is 0 Å². The number of aromatic nitrogens is 2. The highest BCUT2D eigenvalue weighted by Gasteiger charge is 2.25. The summed E-state index contributed by atoms with van der Waals surface area (Å²) >= 11 is 3.53. The van der Waals surface area contributed by atoms with Gasteiger partial charge in [-0.05, 0) is 40.5 Å². The SMILES string of the molecule is CCNC(=NCc1ccc(OC)c(Br)c1)N1CCOC(c2cnn(C)c2)C1. The predicted molar refractivity (Wildman–Crippen MR) is 109 cm³/mol. The molecular weight excluding hydrogens is 410 g/mol. The predicted octanol–water partition coefficient (Wildman–Crippen LogP) is 2.73. The molecule has 0 amide bonds. The summed E-state index contributed by atoms with van der Waals surface area (Å²) in [5.74, 6) is 1.73. The number of guanidine groups is 1. The third kappa shape index (κ3) is 5.01. The second-order valence-corrected chi connectivity index (χ2v) is 7.25. The van der Waals surface area contributed by atoms with Crippen LogP contribution in [0.5, 0.6) is 5.75 Å². The van der Waals surface area contributed by atoms with Gasteiger partial charge in [0.25, 0.3) is 0 Å². The normalized spacial score (nSPS) is 17.9. The summed E-state index contributed by atoms with van der Waals surface area (Å²) in [6.45, 7) is 5.73. The third-order valence-corrected chi connectivity index (χ3v) is 5.04. The molecule has 0 spiro atoms. The monoisotopic (exact) mass is 435 g/mol. The Kier molecular flexibility index (Phi) is 6.73. The van der Waals surface area contributed by atoms with Crippen molar-refractivity contribution in [1.29, 1.82) is 0 Å². The molecule has 1 aromatic heterocycles. The summed E-state index contributed by atoms with van der Waals surface area (Å²) < 4.78 is 14.0. The molecule has 1 N–H and O–H groups in total. The second-order valence-electron chi connectivity index (χ2n) is 6.39. The van der Waals surface area contributed by atoms with Crippen LogP contribution in [0, 0.1) is 0 Å². The zero-order valence-corrected chi connectivity index (χ0v) is 17.6. The molecule has 7 nitrogen and oxygen atoms in total. The van der Waals surface area contributed by atoms with Crippen molar-refractivity contribution in [2.24, 2.45) is 12.0 Å². The molecule has 3 rings (SSSR count). The first-order valence-electron chi connectivity index (χ1n) is 9.06. The van der Waals surface area contributed by atoms with Gasteiger partial charge in [0, 0.05) is 31.9 Å². The zero-order chi connectivity index (χ0) is 19.2. The average molecular weight is 436 g/mol. The number of ether oxygens (including phenoxy) is 2. The summed E-state index contributed by atoms with van der Waals surface area (Å²) in [5.41, 5.74) is 2.22. The fourth-order valence-corrected chi connectivity index (χ4v) is 3.64. The minimum Gasteiger partial charge on any atom is -0.496 e. The summed E-state index contributed by atoms with van der Waals surface area (Å²) in [5, 5.41) is 7.65. The van der Waals surface area contributed by atoms with Gasteiger partial charge in [0.2, 0.25) is 0 Å². The molecule has 8 heteroatoms. The molecule has 1 saturated heterocycles. The smallest absolute Gasteiger partial charge is 0.194 e. The summed E-state index contributed by atoms with van der Waals surface area (Å²) in [4.78, 5) is 7.08. The first-order valence-corrected chi connectivity index (χ1v) is 9.85. The van der Waals surface area contributed by atoms with Gasteiger partial charge < -0.3 is 19.7 Å². The van der Waals surface area contributed by atoms with E-state index < -0.39 is 0 Å². The van der Waals surface area contributed by atoms with Crippen LogP contribution in [-0.4, -0.2) is 54.0 Å². The van der Waals surface area contributed by atoms with E-state index in [-0.39, 0.29) is 6.10 Å². The van der Waals surface area contributed by atoms with Gasteiger partial charge in [-0.15, -0.1) is 0 Å². The van der Waals surface area contributed by atoms with E-state index in [9.17, 15) is 0 Å². The Labute approximate surface area is 168 Å². The summed E-state index contributed by atoms with van der Waals surface area (Å²) in [7, 11) is 3.58. The number of methoxy groups -OCH3 is 1. The molecule has 0 saturated carbocycles. The third-order valence-electron chi connectivity index (χ3n) is 4.43. The van der Waals surface area contributed by atoms with Crippen LogP contribution < -0.4 is 10.1 Å². The molecule has 0 aliphatic carbocycles. The lowest BCUT2D eigenvalue weighted by Gasteiger charge is -2.34. The van der Waals surface area contributed by atoms with Crippen molar-refractivity contribution in [2.75, 3.05) is 33.4 Å². The van der Waals surface area contributed by atoms with E-state index in [1.54, 1.807) is 11.8 Å². The number of nitrogens with one attached hydrogen (secondary N) is 1. The fourth-order valence-electron chi connectivity index (χ4n) is 3.05. The molecule has 1 aromatic carbocycles. The van der Waals surface area contributed by atoms with Gasteiger partial charge in [-0.2, -0.15) is 5.10 Å². The molecule has 2 heterocycles. The Hall–Kier alpha value is -2.06. The topological polar surface area (TPSA) is 63.9 Å². The van der Waals surface area contributed by atoms with Gasteiger partial charge in [-0.3, -0.25) is 4.68 Å². The number of morpholine rings is 1. The highest BCUT2D eigenvalue weighted by molar-refractivity contribution is 9.10. The van der Waals surface area contributed by atoms with Crippen LogP contribution in [0.2, 0.25) is 0 Å². The molecule has 1 atom stereocenters. The van der Waals surface area contributed by atoms with Gasteiger partial charge in [-0.25, -0.2) is 4.99 Å². The highest BCUT2D eigenvalue weighted by atomic mass is 79.9. The van der Waals surface area contributed by atoms with Crippen molar-refractivity contribution in [3.8, 4) is 5.75 Å².